The fourth-order valence-corrected chi connectivity index (χ4v) is 2.97. The lowest BCUT2D eigenvalue weighted by Crippen LogP contribution is -2.23. The molecule has 10 heteroatoms. The summed E-state index contributed by atoms with van der Waals surface area (Å²) in [5, 5.41) is 17.4. The van der Waals surface area contributed by atoms with Gasteiger partial charge >= 0.3 is 5.69 Å². The molecule has 3 rings (SSSR count). The van der Waals surface area contributed by atoms with Crippen molar-refractivity contribution in [1.82, 2.24) is 19.8 Å². The summed E-state index contributed by atoms with van der Waals surface area (Å²) in [6, 6.07) is 8.03. The van der Waals surface area contributed by atoms with Crippen molar-refractivity contribution in [3.8, 4) is 17.2 Å². The number of phenolic OH excluding ortho intramolecular Hbond substituents is 1. The number of aromatic nitrogens is 4. The van der Waals surface area contributed by atoms with E-state index in [-0.39, 0.29) is 28.1 Å². The number of hydrogen-bond donors (Lipinski definition) is 1. The molecule has 0 spiro atoms. The van der Waals surface area contributed by atoms with Gasteiger partial charge in [-0.25, -0.2) is 4.79 Å². The quantitative estimate of drug-likeness (QED) is 0.666. The fraction of sp³-hybridized carbons (Fsp3) is 0.133. The van der Waals surface area contributed by atoms with Gasteiger partial charge in [0.2, 0.25) is 0 Å². The molecular formula is C15H11BrCl2N4O3. The molecule has 0 radical (unpaired) electrons. The Morgan fingerprint density at radius 1 is 1.24 bits per heavy atom. The summed E-state index contributed by atoms with van der Waals surface area (Å²) in [6.45, 7) is 0.0839. The molecule has 0 aliphatic heterocycles. The minimum absolute atomic E-state index is 0.0839. The number of halogens is 3. The van der Waals surface area contributed by atoms with Crippen molar-refractivity contribution in [1.29, 1.82) is 0 Å². The molecule has 1 heterocycles. The van der Waals surface area contributed by atoms with Crippen LogP contribution in [0.4, 0.5) is 0 Å². The minimum Gasteiger partial charge on any atom is -0.506 e. The van der Waals surface area contributed by atoms with Crippen LogP contribution in [-0.4, -0.2) is 24.9 Å². The average molecular weight is 446 g/mol. The maximum atomic E-state index is 12.1. The lowest BCUT2D eigenvalue weighted by molar-refractivity contribution is 0.304. The monoisotopic (exact) mass is 444 g/mol. The zero-order valence-corrected chi connectivity index (χ0v) is 15.9. The van der Waals surface area contributed by atoms with E-state index in [4.69, 9.17) is 27.9 Å². The molecule has 7 nitrogen and oxygen atoms in total. The first-order valence-electron chi connectivity index (χ1n) is 6.96. The number of aryl methyl sites for hydroxylation is 1. The molecule has 0 saturated heterocycles. The molecule has 0 bridgehead atoms. The van der Waals surface area contributed by atoms with E-state index in [1.54, 1.807) is 12.1 Å². The van der Waals surface area contributed by atoms with Gasteiger partial charge in [-0.1, -0.05) is 45.2 Å². The molecule has 2 aromatic carbocycles. The van der Waals surface area contributed by atoms with E-state index in [1.165, 1.54) is 23.9 Å². The Bertz CT molecular complexity index is 1000. The molecule has 0 unspecified atom stereocenters. The number of rotatable bonds is 4. The topological polar surface area (TPSA) is 82.2 Å². The second kappa shape index (κ2) is 7.07. The molecule has 1 aromatic heterocycles. The SMILES string of the molecule is Cn1nnn(-c2cccc(Br)c2COc2cc(Cl)c(O)cc2Cl)c1=O. The number of benzene rings is 2. The highest BCUT2D eigenvalue weighted by Gasteiger charge is 2.15. The molecule has 0 aliphatic carbocycles. The van der Waals surface area contributed by atoms with Crippen molar-refractivity contribution < 1.29 is 9.84 Å². The highest BCUT2D eigenvalue weighted by atomic mass is 79.9. The van der Waals surface area contributed by atoms with E-state index >= 15 is 0 Å². The van der Waals surface area contributed by atoms with E-state index in [1.807, 2.05) is 6.07 Å². The number of aromatic hydroxyl groups is 1. The van der Waals surface area contributed by atoms with E-state index < -0.39 is 0 Å². The van der Waals surface area contributed by atoms with Gasteiger partial charge in [0.15, 0.2) is 0 Å². The molecule has 1 N–H and O–H groups in total. The van der Waals surface area contributed by atoms with Crippen molar-refractivity contribution in [2.75, 3.05) is 0 Å². The van der Waals surface area contributed by atoms with E-state index in [0.717, 1.165) is 9.15 Å². The highest BCUT2D eigenvalue weighted by molar-refractivity contribution is 9.10. The maximum absolute atomic E-state index is 12.1. The second-order valence-electron chi connectivity index (χ2n) is 5.06. The van der Waals surface area contributed by atoms with Crippen molar-refractivity contribution in [2.24, 2.45) is 7.05 Å². The zero-order chi connectivity index (χ0) is 18.1. The Hall–Kier alpha value is -2.03. The Labute approximate surface area is 160 Å². The van der Waals surface area contributed by atoms with Gasteiger partial charge in [0.1, 0.15) is 18.1 Å². The lowest BCUT2D eigenvalue weighted by Gasteiger charge is -2.13. The summed E-state index contributed by atoms with van der Waals surface area (Å²) in [6.07, 6.45) is 0. The first kappa shape index (κ1) is 17.8. The molecular weight excluding hydrogens is 435 g/mol. The van der Waals surface area contributed by atoms with Crippen LogP contribution in [-0.2, 0) is 13.7 Å². The molecule has 0 saturated carbocycles. The fourth-order valence-electron chi connectivity index (χ4n) is 2.13. The van der Waals surface area contributed by atoms with Crippen LogP contribution in [0.2, 0.25) is 10.0 Å². The third kappa shape index (κ3) is 3.51. The van der Waals surface area contributed by atoms with Crippen molar-refractivity contribution in [2.45, 2.75) is 6.61 Å². The smallest absolute Gasteiger partial charge is 0.368 e. The Balaban J connectivity index is 1.97. The molecule has 0 amide bonds. The van der Waals surface area contributed by atoms with Gasteiger partial charge in [0.05, 0.1) is 15.7 Å². The van der Waals surface area contributed by atoms with Crippen molar-refractivity contribution >= 4 is 39.1 Å². The van der Waals surface area contributed by atoms with Gasteiger partial charge < -0.3 is 9.84 Å². The highest BCUT2D eigenvalue weighted by Crippen LogP contribution is 2.35. The molecule has 3 aromatic rings. The van der Waals surface area contributed by atoms with Gasteiger partial charge in [-0.2, -0.15) is 9.36 Å². The van der Waals surface area contributed by atoms with Crippen LogP contribution in [0.25, 0.3) is 5.69 Å². The molecule has 130 valence electrons. The first-order valence-corrected chi connectivity index (χ1v) is 8.51. The number of hydrogen-bond acceptors (Lipinski definition) is 5. The predicted molar refractivity (Wildman–Crippen MR) is 96.8 cm³/mol. The summed E-state index contributed by atoms with van der Waals surface area (Å²) in [5.74, 6) is 0.171. The summed E-state index contributed by atoms with van der Waals surface area (Å²) >= 11 is 15.4. The van der Waals surface area contributed by atoms with Crippen LogP contribution in [0.3, 0.4) is 0 Å². The van der Waals surface area contributed by atoms with Crippen molar-refractivity contribution in [3.63, 3.8) is 0 Å². The zero-order valence-electron chi connectivity index (χ0n) is 12.8. The van der Waals surface area contributed by atoms with E-state index in [2.05, 4.69) is 26.4 Å². The summed E-state index contributed by atoms with van der Waals surface area (Å²) < 4.78 is 8.75. The van der Waals surface area contributed by atoms with Crippen LogP contribution in [0.1, 0.15) is 5.56 Å². The number of phenols is 1. The van der Waals surface area contributed by atoms with Crippen LogP contribution in [0, 0.1) is 0 Å². The largest absolute Gasteiger partial charge is 0.506 e. The van der Waals surface area contributed by atoms with Gasteiger partial charge in [0.25, 0.3) is 0 Å². The normalized spacial score (nSPS) is 10.9. The first-order chi connectivity index (χ1) is 11.9. The summed E-state index contributed by atoms with van der Waals surface area (Å²) in [5.41, 5.74) is 0.809. The number of nitrogens with zero attached hydrogens (tertiary/aromatic N) is 4. The second-order valence-corrected chi connectivity index (χ2v) is 6.73. The number of tetrazole rings is 1. The summed E-state index contributed by atoms with van der Waals surface area (Å²) in [7, 11) is 1.51. The van der Waals surface area contributed by atoms with E-state index in [9.17, 15) is 9.90 Å². The average Bonchev–Trinajstić information content (AvgIpc) is 2.90. The van der Waals surface area contributed by atoms with Crippen LogP contribution in [0.15, 0.2) is 39.6 Å². The predicted octanol–water partition coefficient (Wildman–Crippen LogP) is 3.32. The Kier molecular flexibility index (Phi) is 5.03. The van der Waals surface area contributed by atoms with Gasteiger partial charge in [-0.05, 0) is 22.6 Å². The van der Waals surface area contributed by atoms with Gasteiger partial charge in [0, 0.05) is 29.2 Å². The molecule has 0 atom stereocenters. The van der Waals surface area contributed by atoms with Crippen LogP contribution < -0.4 is 10.4 Å². The standard InChI is InChI=1S/C15H11BrCl2N4O3/c1-21-15(24)22(20-19-21)12-4-2-3-9(16)8(12)7-25-14-6-10(17)13(23)5-11(14)18/h2-6,23H,7H2,1H3. The summed E-state index contributed by atoms with van der Waals surface area (Å²) in [4.78, 5) is 12.1. The maximum Gasteiger partial charge on any atom is 0.368 e. The van der Waals surface area contributed by atoms with Gasteiger partial charge in [-0.3, -0.25) is 0 Å². The molecule has 0 aliphatic rings. The minimum atomic E-state index is -0.384. The van der Waals surface area contributed by atoms with E-state index in [0.29, 0.717) is 17.0 Å². The Morgan fingerprint density at radius 2 is 2.00 bits per heavy atom. The Morgan fingerprint density at radius 3 is 2.68 bits per heavy atom. The van der Waals surface area contributed by atoms with Crippen molar-refractivity contribution in [3.05, 3.63) is 60.9 Å². The van der Waals surface area contributed by atoms with Crippen LogP contribution in [0.5, 0.6) is 11.5 Å². The third-order valence-corrected chi connectivity index (χ3v) is 4.76. The van der Waals surface area contributed by atoms with Gasteiger partial charge in [-0.15, -0.1) is 0 Å². The third-order valence-electron chi connectivity index (χ3n) is 3.42. The van der Waals surface area contributed by atoms with Crippen LogP contribution >= 0.6 is 39.1 Å². The molecule has 0 fully saturated rings. The number of ether oxygens (including phenoxy) is 1. The lowest BCUT2D eigenvalue weighted by atomic mass is 10.2. The molecule has 25 heavy (non-hydrogen) atoms.